The first kappa shape index (κ1) is 6.41. The van der Waals surface area contributed by atoms with Gasteiger partial charge in [0.05, 0.1) is 0 Å². The lowest BCUT2D eigenvalue weighted by Crippen LogP contribution is -1.98. The van der Waals surface area contributed by atoms with Gasteiger partial charge in [-0.05, 0) is 24.0 Å². The summed E-state index contributed by atoms with van der Waals surface area (Å²) in [4.78, 5) is 11.6. The molecule has 2 bridgehead atoms. The second kappa shape index (κ2) is 1.98. The summed E-state index contributed by atoms with van der Waals surface area (Å²) >= 11 is 0. The molecular weight excluding hydrogens is 148 g/mol. The highest BCUT2D eigenvalue weighted by Gasteiger charge is 2.44. The van der Waals surface area contributed by atoms with Gasteiger partial charge in [-0.3, -0.25) is 4.79 Å². The van der Waals surface area contributed by atoms with Gasteiger partial charge in [-0.25, -0.2) is 0 Å². The zero-order valence-electron chi connectivity index (χ0n) is 6.79. The van der Waals surface area contributed by atoms with E-state index in [-0.39, 0.29) is 11.8 Å². The van der Waals surface area contributed by atoms with E-state index < -0.39 is 0 Å². The normalized spacial score (nSPS) is 30.8. The van der Waals surface area contributed by atoms with Crippen LogP contribution >= 0.6 is 0 Å². The fraction of sp³-hybridized carbons (Fsp3) is 0.364. The van der Waals surface area contributed by atoms with Crippen LogP contribution in [0.15, 0.2) is 24.3 Å². The Morgan fingerprint density at radius 2 is 1.50 bits per heavy atom. The molecule has 3 rings (SSSR count). The monoisotopic (exact) mass is 158 g/mol. The molecule has 1 aromatic rings. The summed E-state index contributed by atoms with van der Waals surface area (Å²) in [5, 5.41) is 0. The number of hydrogen-bond acceptors (Lipinski definition) is 1. The molecule has 1 saturated carbocycles. The van der Waals surface area contributed by atoms with Crippen LogP contribution in [0, 0.1) is 0 Å². The first-order chi connectivity index (χ1) is 5.88. The number of Topliss-reactive ketones (excluding diaryl/α,β-unsaturated/α-hetero) is 1. The largest absolute Gasteiger partial charge is 0.298 e. The summed E-state index contributed by atoms with van der Waals surface area (Å²) in [6, 6.07) is 8.29. The van der Waals surface area contributed by atoms with Crippen LogP contribution in [0.3, 0.4) is 0 Å². The van der Waals surface area contributed by atoms with E-state index in [1.54, 1.807) is 0 Å². The molecule has 0 saturated heterocycles. The van der Waals surface area contributed by atoms with Crippen LogP contribution in [0.25, 0.3) is 0 Å². The highest BCUT2D eigenvalue weighted by Crippen LogP contribution is 2.49. The Morgan fingerprint density at radius 1 is 1.00 bits per heavy atom. The highest BCUT2D eigenvalue weighted by molar-refractivity contribution is 5.98. The van der Waals surface area contributed by atoms with E-state index in [2.05, 4.69) is 12.1 Å². The zero-order chi connectivity index (χ0) is 8.13. The molecule has 0 N–H and O–H groups in total. The minimum absolute atomic E-state index is 0.256. The maximum atomic E-state index is 11.6. The van der Waals surface area contributed by atoms with Crippen LogP contribution in [0.1, 0.15) is 35.8 Å². The number of ketones is 1. The van der Waals surface area contributed by atoms with Crippen molar-refractivity contribution in [2.24, 2.45) is 0 Å². The van der Waals surface area contributed by atoms with E-state index in [9.17, 15) is 4.79 Å². The van der Waals surface area contributed by atoms with E-state index in [1.165, 1.54) is 11.1 Å². The van der Waals surface area contributed by atoms with Crippen LogP contribution in [0.4, 0.5) is 0 Å². The summed E-state index contributed by atoms with van der Waals surface area (Å²) in [5.41, 5.74) is 2.61. The quantitative estimate of drug-likeness (QED) is 0.566. The second-order valence-corrected chi connectivity index (χ2v) is 3.71. The molecule has 1 aromatic carbocycles. The number of hydrogen-bond donors (Lipinski definition) is 0. The van der Waals surface area contributed by atoms with Crippen molar-refractivity contribution in [1.82, 2.24) is 0 Å². The van der Waals surface area contributed by atoms with Crippen molar-refractivity contribution in [3.8, 4) is 0 Å². The lowest BCUT2D eigenvalue weighted by molar-refractivity contribution is -0.119. The Balaban J connectivity index is 2.27. The lowest BCUT2D eigenvalue weighted by Gasteiger charge is -2.11. The maximum Gasteiger partial charge on any atom is 0.147 e. The molecule has 1 nitrogen and oxygen atoms in total. The minimum Gasteiger partial charge on any atom is -0.298 e. The molecule has 0 aromatic heterocycles. The third kappa shape index (κ3) is 0.580. The standard InChI is InChI=1S/C11H10O/c12-11-9-5-6-10(11)8-4-2-1-3-7(8)9/h1-4,9-10H,5-6H2. The Kier molecular flexibility index (Phi) is 1.06. The maximum absolute atomic E-state index is 11.6. The summed E-state index contributed by atoms with van der Waals surface area (Å²) in [6.07, 6.45) is 2.17. The predicted octanol–water partition coefficient (Wildman–Crippen LogP) is 2.23. The summed E-state index contributed by atoms with van der Waals surface area (Å²) < 4.78 is 0. The molecule has 0 amide bonds. The van der Waals surface area contributed by atoms with Gasteiger partial charge in [0, 0.05) is 11.8 Å². The van der Waals surface area contributed by atoms with Gasteiger partial charge in [0.1, 0.15) is 5.78 Å². The van der Waals surface area contributed by atoms with E-state index >= 15 is 0 Å². The van der Waals surface area contributed by atoms with Gasteiger partial charge in [-0.1, -0.05) is 24.3 Å². The van der Waals surface area contributed by atoms with Crippen molar-refractivity contribution in [2.75, 3.05) is 0 Å². The van der Waals surface area contributed by atoms with Crippen molar-refractivity contribution in [3.63, 3.8) is 0 Å². The number of carbonyl (C=O) groups is 1. The third-order valence-electron chi connectivity index (χ3n) is 3.18. The SMILES string of the molecule is O=C1C2CCC1c1ccccc12. The molecule has 2 unspecified atom stereocenters. The van der Waals surface area contributed by atoms with Gasteiger partial charge in [0.2, 0.25) is 0 Å². The topological polar surface area (TPSA) is 17.1 Å². The summed E-state index contributed by atoms with van der Waals surface area (Å²) in [6.45, 7) is 0. The highest BCUT2D eigenvalue weighted by atomic mass is 16.1. The van der Waals surface area contributed by atoms with Crippen LogP contribution < -0.4 is 0 Å². The first-order valence-electron chi connectivity index (χ1n) is 4.50. The van der Waals surface area contributed by atoms with Gasteiger partial charge in [-0.15, -0.1) is 0 Å². The van der Waals surface area contributed by atoms with Crippen molar-refractivity contribution >= 4 is 5.78 Å². The van der Waals surface area contributed by atoms with Crippen molar-refractivity contribution in [1.29, 1.82) is 0 Å². The Labute approximate surface area is 71.4 Å². The van der Waals surface area contributed by atoms with Gasteiger partial charge in [0.15, 0.2) is 0 Å². The molecule has 2 aliphatic rings. The lowest BCUT2D eigenvalue weighted by atomic mass is 9.92. The number of carbonyl (C=O) groups excluding carboxylic acids is 1. The van der Waals surface area contributed by atoms with Crippen LogP contribution in [0.2, 0.25) is 0 Å². The van der Waals surface area contributed by atoms with E-state index in [0.29, 0.717) is 5.78 Å². The average molecular weight is 158 g/mol. The number of benzene rings is 1. The number of rotatable bonds is 0. The summed E-state index contributed by atoms with van der Waals surface area (Å²) in [7, 11) is 0. The molecule has 2 aliphatic carbocycles. The van der Waals surface area contributed by atoms with Gasteiger partial charge in [-0.2, -0.15) is 0 Å². The zero-order valence-corrected chi connectivity index (χ0v) is 6.79. The third-order valence-corrected chi connectivity index (χ3v) is 3.18. The smallest absolute Gasteiger partial charge is 0.147 e. The molecule has 0 radical (unpaired) electrons. The molecule has 0 spiro atoms. The minimum atomic E-state index is 0.256. The molecule has 2 atom stereocenters. The molecule has 0 heterocycles. The van der Waals surface area contributed by atoms with Crippen LogP contribution in [0.5, 0.6) is 0 Å². The van der Waals surface area contributed by atoms with Crippen LogP contribution in [-0.2, 0) is 4.79 Å². The van der Waals surface area contributed by atoms with Crippen molar-refractivity contribution in [3.05, 3.63) is 35.4 Å². The Hall–Kier alpha value is -1.11. The molecule has 1 fully saturated rings. The first-order valence-corrected chi connectivity index (χ1v) is 4.50. The average Bonchev–Trinajstić information content (AvgIpc) is 2.61. The summed E-state index contributed by atoms with van der Waals surface area (Å²) in [5.74, 6) is 0.980. The fourth-order valence-corrected chi connectivity index (χ4v) is 2.62. The molecular formula is C11H10O. The van der Waals surface area contributed by atoms with Gasteiger partial charge in [0.25, 0.3) is 0 Å². The van der Waals surface area contributed by atoms with Gasteiger partial charge < -0.3 is 0 Å². The Bertz CT molecular complexity index is 321. The predicted molar refractivity (Wildman–Crippen MR) is 46.2 cm³/mol. The molecule has 0 aliphatic heterocycles. The van der Waals surface area contributed by atoms with E-state index in [4.69, 9.17) is 0 Å². The molecule has 12 heavy (non-hydrogen) atoms. The van der Waals surface area contributed by atoms with Crippen LogP contribution in [-0.4, -0.2) is 5.78 Å². The fourth-order valence-electron chi connectivity index (χ4n) is 2.62. The van der Waals surface area contributed by atoms with Crippen molar-refractivity contribution in [2.45, 2.75) is 24.7 Å². The number of fused-ring (bicyclic) bond motifs is 5. The Morgan fingerprint density at radius 3 is 2.00 bits per heavy atom. The van der Waals surface area contributed by atoms with Crippen molar-refractivity contribution < 1.29 is 4.79 Å². The van der Waals surface area contributed by atoms with Gasteiger partial charge >= 0.3 is 0 Å². The van der Waals surface area contributed by atoms with E-state index in [0.717, 1.165) is 12.8 Å². The van der Waals surface area contributed by atoms with E-state index in [1.807, 2.05) is 12.1 Å². The molecule has 60 valence electrons. The molecule has 1 heteroatoms. The second-order valence-electron chi connectivity index (χ2n) is 3.71.